The molecular formula is C15H17NO3S. The maximum absolute atomic E-state index is 12.3. The van der Waals surface area contributed by atoms with Crippen LogP contribution >= 0.6 is 0 Å². The summed E-state index contributed by atoms with van der Waals surface area (Å²) in [5.41, 5.74) is 3.26. The number of hydrogen-bond acceptors (Lipinski definition) is 3. The van der Waals surface area contributed by atoms with Crippen molar-refractivity contribution in [3.05, 3.63) is 53.5 Å². The Morgan fingerprint density at radius 3 is 2.65 bits per heavy atom. The standard InChI is InChI=1S/C15H17NO3S/c17-20(18,16-10-12-7-8-19-11-12)15-6-5-13-3-1-2-4-14(13)9-15/h5-9,11,16H,1-4,10H2. The molecule has 5 heteroatoms. The van der Waals surface area contributed by atoms with Crippen LogP contribution in [0.1, 0.15) is 29.5 Å². The van der Waals surface area contributed by atoms with Gasteiger partial charge in [0.05, 0.1) is 17.4 Å². The van der Waals surface area contributed by atoms with Gasteiger partial charge < -0.3 is 4.42 Å². The molecule has 20 heavy (non-hydrogen) atoms. The molecule has 106 valence electrons. The molecule has 1 N–H and O–H groups in total. The van der Waals surface area contributed by atoms with E-state index in [0.29, 0.717) is 4.90 Å². The fourth-order valence-electron chi connectivity index (χ4n) is 2.53. The second-order valence-electron chi connectivity index (χ2n) is 5.09. The summed E-state index contributed by atoms with van der Waals surface area (Å²) in [6.45, 7) is 0.246. The van der Waals surface area contributed by atoms with Crippen molar-refractivity contribution in [2.24, 2.45) is 0 Å². The van der Waals surface area contributed by atoms with E-state index in [0.717, 1.165) is 24.8 Å². The number of sulfonamides is 1. The minimum atomic E-state index is -3.46. The van der Waals surface area contributed by atoms with Crippen molar-refractivity contribution in [3.8, 4) is 0 Å². The number of furan rings is 1. The van der Waals surface area contributed by atoms with Gasteiger partial charge in [0.25, 0.3) is 0 Å². The van der Waals surface area contributed by atoms with Gasteiger partial charge in [0.1, 0.15) is 0 Å². The molecule has 0 spiro atoms. The molecule has 0 unspecified atom stereocenters. The SMILES string of the molecule is O=S(=O)(NCc1ccoc1)c1ccc2c(c1)CCCC2. The second kappa shape index (κ2) is 5.42. The lowest BCUT2D eigenvalue weighted by Crippen LogP contribution is -2.23. The summed E-state index contributed by atoms with van der Waals surface area (Å²) in [5, 5.41) is 0. The molecule has 0 saturated carbocycles. The lowest BCUT2D eigenvalue weighted by Gasteiger charge is -2.16. The molecule has 0 bridgehead atoms. The fraction of sp³-hybridized carbons (Fsp3) is 0.333. The minimum absolute atomic E-state index is 0.246. The van der Waals surface area contributed by atoms with Crippen molar-refractivity contribution in [2.75, 3.05) is 0 Å². The Morgan fingerprint density at radius 2 is 1.90 bits per heavy atom. The summed E-state index contributed by atoms with van der Waals surface area (Å²) in [6.07, 6.45) is 7.42. The van der Waals surface area contributed by atoms with E-state index in [-0.39, 0.29) is 6.54 Å². The summed E-state index contributed by atoms with van der Waals surface area (Å²) in [4.78, 5) is 0.349. The van der Waals surface area contributed by atoms with Gasteiger partial charge in [-0.15, -0.1) is 0 Å². The Labute approximate surface area is 118 Å². The maximum Gasteiger partial charge on any atom is 0.240 e. The third kappa shape index (κ3) is 2.78. The molecule has 0 radical (unpaired) electrons. The number of aryl methyl sites for hydroxylation is 2. The topological polar surface area (TPSA) is 59.3 Å². The molecule has 2 aromatic rings. The number of rotatable bonds is 4. The van der Waals surface area contributed by atoms with Crippen LogP contribution in [0.25, 0.3) is 0 Å². The van der Waals surface area contributed by atoms with Gasteiger partial charge in [-0.1, -0.05) is 6.07 Å². The third-order valence-corrected chi connectivity index (χ3v) is 5.08. The van der Waals surface area contributed by atoms with E-state index in [1.807, 2.05) is 12.1 Å². The highest BCUT2D eigenvalue weighted by Gasteiger charge is 2.17. The second-order valence-corrected chi connectivity index (χ2v) is 6.86. The van der Waals surface area contributed by atoms with E-state index in [4.69, 9.17) is 4.42 Å². The van der Waals surface area contributed by atoms with E-state index < -0.39 is 10.0 Å². The largest absolute Gasteiger partial charge is 0.472 e. The van der Waals surface area contributed by atoms with Crippen molar-refractivity contribution < 1.29 is 12.8 Å². The van der Waals surface area contributed by atoms with E-state index in [1.165, 1.54) is 30.1 Å². The van der Waals surface area contributed by atoms with Crippen molar-refractivity contribution in [1.82, 2.24) is 4.72 Å². The molecule has 1 heterocycles. The van der Waals surface area contributed by atoms with Crippen molar-refractivity contribution in [3.63, 3.8) is 0 Å². The van der Waals surface area contributed by atoms with Crippen molar-refractivity contribution in [2.45, 2.75) is 37.1 Å². The van der Waals surface area contributed by atoms with Crippen LogP contribution in [0.15, 0.2) is 46.1 Å². The Bertz CT molecular complexity index is 690. The molecule has 1 aromatic heterocycles. The van der Waals surface area contributed by atoms with E-state index in [1.54, 1.807) is 12.1 Å². The maximum atomic E-state index is 12.3. The van der Waals surface area contributed by atoms with Crippen LogP contribution in [0.3, 0.4) is 0 Å². The zero-order chi connectivity index (χ0) is 14.0. The van der Waals surface area contributed by atoms with Crippen LogP contribution in [-0.2, 0) is 29.4 Å². The number of hydrogen-bond donors (Lipinski definition) is 1. The minimum Gasteiger partial charge on any atom is -0.472 e. The molecule has 4 nitrogen and oxygen atoms in total. The van der Waals surface area contributed by atoms with Crippen LogP contribution in [-0.4, -0.2) is 8.42 Å². The molecule has 1 aliphatic carbocycles. The van der Waals surface area contributed by atoms with Crippen LogP contribution < -0.4 is 4.72 Å². The van der Waals surface area contributed by atoms with E-state index in [2.05, 4.69) is 4.72 Å². The first kappa shape index (κ1) is 13.4. The van der Waals surface area contributed by atoms with Gasteiger partial charge in [-0.25, -0.2) is 13.1 Å². The monoisotopic (exact) mass is 291 g/mol. The highest BCUT2D eigenvalue weighted by molar-refractivity contribution is 7.89. The van der Waals surface area contributed by atoms with Crippen molar-refractivity contribution in [1.29, 1.82) is 0 Å². The third-order valence-electron chi connectivity index (χ3n) is 3.68. The number of nitrogens with one attached hydrogen (secondary N) is 1. The van der Waals surface area contributed by atoms with Gasteiger partial charge in [-0.05, 0) is 55.0 Å². The normalized spacial score (nSPS) is 15.0. The predicted molar refractivity (Wildman–Crippen MR) is 75.8 cm³/mol. The van der Waals surface area contributed by atoms with Crippen LogP contribution in [0, 0.1) is 0 Å². The van der Waals surface area contributed by atoms with Gasteiger partial charge >= 0.3 is 0 Å². The van der Waals surface area contributed by atoms with E-state index in [9.17, 15) is 8.42 Å². The first-order valence-electron chi connectivity index (χ1n) is 6.78. The molecule has 0 fully saturated rings. The average molecular weight is 291 g/mol. The quantitative estimate of drug-likeness (QED) is 0.942. The summed E-state index contributed by atoms with van der Waals surface area (Å²) in [7, 11) is -3.46. The van der Waals surface area contributed by atoms with Gasteiger partial charge in [-0.3, -0.25) is 0 Å². The smallest absolute Gasteiger partial charge is 0.240 e. The van der Waals surface area contributed by atoms with Gasteiger partial charge in [0.2, 0.25) is 10.0 Å². The number of fused-ring (bicyclic) bond motifs is 1. The summed E-state index contributed by atoms with van der Waals surface area (Å²) in [6, 6.07) is 7.20. The highest BCUT2D eigenvalue weighted by Crippen LogP contribution is 2.24. The summed E-state index contributed by atoms with van der Waals surface area (Å²) < 4.78 is 32.1. The summed E-state index contributed by atoms with van der Waals surface area (Å²) >= 11 is 0. The molecule has 1 aliphatic rings. The zero-order valence-corrected chi connectivity index (χ0v) is 11.9. The van der Waals surface area contributed by atoms with Crippen LogP contribution in [0.2, 0.25) is 0 Å². The van der Waals surface area contributed by atoms with Gasteiger partial charge in [0.15, 0.2) is 0 Å². The zero-order valence-electron chi connectivity index (χ0n) is 11.1. The molecular weight excluding hydrogens is 274 g/mol. The van der Waals surface area contributed by atoms with Crippen molar-refractivity contribution >= 4 is 10.0 Å². The van der Waals surface area contributed by atoms with E-state index >= 15 is 0 Å². The lowest BCUT2D eigenvalue weighted by atomic mass is 9.92. The van der Waals surface area contributed by atoms with Crippen LogP contribution in [0.4, 0.5) is 0 Å². The highest BCUT2D eigenvalue weighted by atomic mass is 32.2. The first-order chi connectivity index (χ1) is 9.65. The van der Waals surface area contributed by atoms with Crippen LogP contribution in [0.5, 0.6) is 0 Å². The Balaban J connectivity index is 1.80. The predicted octanol–water partition coefficient (Wildman–Crippen LogP) is 2.64. The molecule has 0 saturated heterocycles. The molecule has 0 amide bonds. The lowest BCUT2D eigenvalue weighted by molar-refractivity contribution is 0.561. The molecule has 0 aliphatic heterocycles. The molecule has 1 aromatic carbocycles. The fourth-order valence-corrected chi connectivity index (χ4v) is 3.60. The average Bonchev–Trinajstić information content (AvgIpc) is 2.98. The Kier molecular flexibility index (Phi) is 3.63. The molecule has 0 atom stereocenters. The molecule has 3 rings (SSSR count). The Hall–Kier alpha value is -1.59. The van der Waals surface area contributed by atoms with Gasteiger partial charge in [0, 0.05) is 12.1 Å². The number of benzene rings is 1. The van der Waals surface area contributed by atoms with Gasteiger partial charge in [-0.2, -0.15) is 0 Å². The summed E-state index contributed by atoms with van der Waals surface area (Å²) in [5.74, 6) is 0. The first-order valence-corrected chi connectivity index (χ1v) is 8.26. The Morgan fingerprint density at radius 1 is 1.10 bits per heavy atom.